The quantitative estimate of drug-likeness (QED) is 0.721. The van der Waals surface area contributed by atoms with Crippen LogP contribution in [-0.4, -0.2) is 0 Å². The fraction of sp³-hybridized carbons (Fsp3) is 0. The third-order valence-corrected chi connectivity index (χ3v) is 1.95. The van der Waals surface area contributed by atoms with Gasteiger partial charge in [0.15, 0.2) is 0 Å². The third kappa shape index (κ3) is 3.17. The van der Waals surface area contributed by atoms with Crippen LogP contribution in [-0.2, 0) is 0 Å². The minimum absolute atomic E-state index is 0.787. The summed E-state index contributed by atoms with van der Waals surface area (Å²) in [6.07, 6.45) is 3.03. The van der Waals surface area contributed by atoms with Gasteiger partial charge in [-0.05, 0) is 24.3 Å². The number of rotatable bonds is 4. The van der Waals surface area contributed by atoms with E-state index < -0.39 is 0 Å². The summed E-state index contributed by atoms with van der Waals surface area (Å²) < 4.78 is 10.6. The van der Waals surface area contributed by atoms with Crippen molar-refractivity contribution >= 4 is 0 Å². The van der Waals surface area contributed by atoms with Gasteiger partial charge in [-0.3, -0.25) is 0 Å². The SMILES string of the molecule is C(=C/Oc1ccccc1)/Oc1ccccc1. The van der Waals surface area contributed by atoms with Crippen molar-refractivity contribution in [1.82, 2.24) is 0 Å². The largest absolute Gasteiger partial charge is 0.462 e. The second-order valence-corrected chi connectivity index (χ2v) is 3.13. The number of benzene rings is 2. The van der Waals surface area contributed by atoms with Gasteiger partial charge in [-0.1, -0.05) is 36.4 Å². The molecule has 0 saturated heterocycles. The van der Waals surface area contributed by atoms with Crippen molar-refractivity contribution in [2.75, 3.05) is 0 Å². The van der Waals surface area contributed by atoms with Crippen LogP contribution in [0.3, 0.4) is 0 Å². The first kappa shape index (κ1) is 10.3. The minimum Gasteiger partial charge on any atom is -0.462 e. The molecule has 16 heavy (non-hydrogen) atoms. The Morgan fingerprint density at radius 3 is 1.31 bits per heavy atom. The van der Waals surface area contributed by atoms with Crippen molar-refractivity contribution in [2.24, 2.45) is 0 Å². The average Bonchev–Trinajstić information content (AvgIpc) is 2.37. The Hall–Kier alpha value is -2.22. The number of hydrogen-bond donors (Lipinski definition) is 0. The molecule has 0 fully saturated rings. The topological polar surface area (TPSA) is 18.5 Å². The van der Waals surface area contributed by atoms with Crippen LogP contribution in [0.1, 0.15) is 0 Å². The second-order valence-electron chi connectivity index (χ2n) is 3.13. The highest BCUT2D eigenvalue weighted by molar-refractivity contribution is 5.23. The molecule has 0 aliphatic rings. The molecule has 2 heteroatoms. The van der Waals surface area contributed by atoms with Crippen LogP contribution in [0, 0.1) is 0 Å². The lowest BCUT2D eigenvalue weighted by atomic mass is 10.3. The molecule has 0 aliphatic heterocycles. The molecule has 2 nitrogen and oxygen atoms in total. The third-order valence-electron chi connectivity index (χ3n) is 1.95. The van der Waals surface area contributed by atoms with Gasteiger partial charge in [-0.15, -0.1) is 0 Å². The first-order valence-corrected chi connectivity index (χ1v) is 5.03. The van der Waals surface area contributed by atoms with E-state index in [0.29, 0.717) is 0 Å². The van der Waals surface area contributed by atoms with E-state index in [1.54, 1.807) is 0 Å². The molecule has 0 aromatic heterocycles. The maximum absolute atomic E-state index is 5.32. The lowest BCUT2D eigenvalue weighted by molar-refractivity contribution is 0.422. The van der Waals surface area contributed by atoms with Crippen molar-refractivity contribution < 1.29 is 9.47 Å². The summed E-state index contributed by atoms with van der Waals surface area (Å²) in [6.45, 7) is 0. The van der Waals surface area contributed by atoms with E-state index in [1.807, 2.05) is 60.7 Å². The first-order valence-electron chi connectivity index (χ1n) is 5.03. The van der Waals surface area contributed by atoms with Crippen LogP contribution in [0.4, 0.5) is 0 Å². The van der Waals surface area contributed by atoms with E-state index in [1.165, 1.54) is 12.5 Å². The molecular formula is C14H12O2. The number of ether oxygens (including phenoxy) is 2. The van der Waals surface area contributed by atoms with Crippen LogP contribution in [0.25, 0.3) is 0 Å². The molecule has 2 aromatic carbocycles. The van der Waals surface area contributed by atoms with E-state index in [-0.39, 0.29) is 0 Å². The van der Waals surface area contributed by atoms with Gasteiger partial charge in [0.2, 0.25) is 0 Å². The van der Waals surface area contributed by atoms with Crippen LogP contribution < -0.4 is 9.47 Å². The zero-order valence-corrected chi connectivity index (χ0v) is 8.74. The predicted molar refractivity (Wildman–Crippen MR) is 63.3 cm³/mol. The lowest BCUT2D eigenvalue weighted by Crippen LogP contribution is -1.85. The molecule has 0 spiro atoms. The van der Waals surface area contributed by atoms with E-state index in [2.05, 4.69) is 0 Å². The summed E-state index contributed by atoms with van der Waals surface area (Å²) in [6, 6.07) is 19.1. The van der Waals surface area contributed by atoms with Crippen molar-refractivity contribution in [1.29, 1.82) is 0 Å². The van der Waals surface area contributed by atoms with E-state index in [9.17, 15) is 0 Å². The highest BCUT2D eigenvalue weighted by atomic mass is 16.5. The van der Waals surface area contributed by atoms with Crippen molar-refractivity contribution in [2.45, 2.75) is 0 Å². The zero-order valence-electron chi connectivity index (χ0n) is 8.74. The first-order chi connectivity index (χ1) is 7.95. The fourth-order valence-electron chi connectivity index (χ4n) is 1.21. The highest BCUT2D eigenvalue weighted by Crippen LogP contribution is 2.10. The summed E-state index contributed by atoms with van der Waals surface area (Å²) in [7, 11) is 0. The van der Waals surface area contributed by atoms with Crippen molar-refractivity contribution in [3.63, 3.8) is 0 Å². The molecule has 0 N–H and O–H groups in total. The maximum Gasteiger partial charge on any atom is 0.126 e. The average molecular weight is 212 g/mol. The summed E-state index contributed by atoms with van der Waals surface area (Å²) >= 11 is 0. The normalized spacial score (nSPS) is 10.2. The van der Waals surface area contributed by atoms with E-state index in [0.717, 1.165) is 11.5 Å². The zero-order chi connectivity index (χ0) is 11.1. The molecule has 0 radical (unpaired) electrons. The minimum atomic E-state index is 0.787. The summed E-state index contributed by atoms with van der Waals surface area (Å²) in [5, 5.41) is 0. The Morgan fingerprint density at radius 1 is 0.562 bits per heavy atom. The predicted octanol–water partition coefficient (Wildman–Crippen LogP) is 3.62. The van der Waals surface area contributed by atoms with Crippen LogP contribution in [0.2, 0.25) is 0 Å². The fourth-order valence-corrected chi connectivity index (χ4v) is 1.21. The van der Waals surface area contributed by atoms with E-state index >= 15 is 0 Å². The lowest BCUT2D eigenvalue weighted by Gasteiger charge is -2.00. The molecule has 0 heterocycles. The van der Waals surface area contributed by atoms with E-state index in [4.69, 9.17) is 9.47 Å². The standard InChI is InChI=1S/C14H12O2/c1-3-7-13(8-4-1)15-11-12-16-14-9-5-2-6-10-14/h1-12H/b12-11-. The molecular weight excluding hydrogens is 200 g/mol. The van der Waals surface area contributed by atoms with Gasteiger partial charge in [0, 0.05) is 0 Å². The van der Waals surface area contributed by atoms with Gasteiger partial charge in [0.05, 0.1) is 0 Å². The molecule has 0 unspecified atom stereocenters. The summed E-state index contributed by atoms with van der Waals surface area (Å²) in [5.41, 5.74) is 0. The summed E-state index contributed by atoms with van der Waals surface area (Å²) in [5.74, 6) is 1.57. The van der Waals surface area contributed by atoms with Crippen molar-refractivity contribution in [3.05, 3.63) is 73.2 Å². The van der Waals surface area contributed by atoms with Crippen molar-refractivity contribution in [3.8, 4) is 11.5 Å². The Labute approximate surface area is 94.8 Å². The van der Waals surface area contributed by atoms with Gasteiger partial charge >= 0.3 is 0 Å². The van der Waals surface area contributed by atoms with Gasteiger partial charge in [-0.2, -0.15) is 0 Å². The Balaban J connectivity index is 1.83. The summed E-state index contributed by atoms with van der Waals surface area (Å²) in [4.78, 5) is 0. The maximum atomic E-state index is 5.32. The monoisotopic (exact) mass is 212 g/mol. The second kappa shape index (κ2) is 5.61. The Bertz CT molecular complexity index is 391. The molecule has 2 rings (SSSR count). The smallest absolute Gasteiger partial charge is 0.126 e. The van der Waals surface area contributed by atoms with Gasteiger partial charge in [-0.25, -0.2) is 0 Å². The molecule has 2 aromatic rings. The molecule has 0 saturated carbocycles. The number of para-hydroxylation sites is 2. The highest BCUT2D eigenvalue weighted by Gasteiger charge is 1.87. The van der Waals surface area contributed by atoms with Crippen LogP contribution in [0.15, 0.2) is 73.2 Å². The molecule has 0 atom stereocenters. The van der Waals surface area contributed by atoms with Gasteiger partial charge < -0.3 is 9.47 Å². The molecule has 0 aliphatic carbocycles. The molecule has 80 valence electrons. The Morgan fingerprint density at radius 2 is 0.938 bits per heavy atom. The molecule has 0 bridgehead atoms. The number of hydrogen-bond acceptors (Lipinski definition) is 2. The van der Waals surface area contributed by atoms with Crippen LogP contribution in [0.5, 0.6) is 11.5 Å². The van der Waals surface area contributed by atoms with Gasteiger partial charge in [0.25, 0.3) is 0 Å². The Kier molecular flexibility index (Phi) is 3.61. The van der Waals surface area contributed by atoms with Crippen LogP contribution >= 0.6 is 0 Å². The van der Waals surface area contributed by atoms with Gasteiger partial charge in [0.1, 0.15) is 24.0 Å². The molecule has 0 amide bonds.